The molecule has 0 bridgehead atoms. The summed E-state index contributed by atoms with van der Waals surface area (Å²) in [6.07, 6.45) is -2.78. The normalized spacial score (nSPS) is 11.8. The van der Waals surface area contributed by atoms with Crippen LogP contribution in [-0.4, -0.2) is 4.98 Å². The molecule has 16 heavy (non-hydrogen) atoms. The fourth-order valence-electron chi connectivity index (χ4n) is 1.25. The van der Waals surface area contributed by atoms with Crippen LogP contribution in [-0.2, 0) is 6.18 Å². The zero-order chi connectivity index (χ0) is 11.8. The summed E-state index contributed by atoms with van der Waals surface area (Å²) in [7, 11) is 0. The van der Waals surface area contributed by atoms with Crippen LogP contribution in [0.25, 0.3) is 10.4 Å². The number of nitrogens with zero attached hydrogens (tertiary/aromatic N) is 1. The summed E-state index contributed by atoms with van der Waals surface area (Å²) < 4.78 is 38.1. The van der Waals surface area contributed by atoms with E-state index in [1.165, 1.54) is 11.3 Å². The van der Waals surface area contributed by atoms with Gasteiger partial charge in [-0.25, -0.2) is 0 Å². The Bertz CT molecular complexity index is 493. The summed E-state index contributed by atoms with van der Waals surface area (Å²) in [5.41, 5.74) is 1.44. The van der Waals surface area contributed by atoms with Gasteiger partial charge >= 0.3 is 6.18 Å². The zero-order valence-corrected chi connectivity index (χ0v) is 10.2. The van der Waals surface area contributed by atoms with Crippen LogP contribution in [0.15, 0.2) is 34.4 Å². The topological polar surface area (TPSA) is 12.9 Å². The fourth-order valence-corrected chi connectivity index (χ4v) is 2.36. The zero-order valence-electron chi connectivity index (χ0n) is 7.75. The van der Waals surface area contributed by atoms with E-state index in [1.54, 1.807) is 17.8 Å². The van der Waals surface area contributed by atoms with Gasteiger partial charge in [-0.3, -0.25) is 4.98 Å². The fraction of sp³-hybridized carbons (Fsp3) is 0.100. The van der Waals surface area contributed by atoms with Gasteiger partial charge in [-0.05, 0) is 23.8 Å². The van der Waals surface area contributed by atoms with E-state index >= 15 is 0 Å². The number of hydrogen-bond acceptors (Lipinski definition) is 2. The van der Waals surface area contributed by atoms with Crippen LogP contribution >= 0.6 is 27.3 Å². The largest absolute Gasteiger partial charge is 0.416 e. The molecule has 0 radical (unpaired) electrons. The van der Waals surface area contributed by atoms with Crippen molar-refractivity contribution in [2.24, 2.45) is 0 Å². The minimum absolute atomic E-state index is 0.408. The van der Waals surface area contributed by atoms with E-state index in [-0.39, 0.29) is 0 Å². The molecule has 0 aliphatic carbocycles. The van der Waals surface area contributed by atoms with Crippen molar-refractivity contribution < 1.29 is 13.2 Å². The summed E-state index contributed by atoms with van der Waals surface area (Å²) in [4.78, 5) is 4.56. The molecule has 1 nitrogen and oxygen atoms in total. The predicted octanol–water partition coefficient (Wildman–Crippen LogP) is 4.59. The van der Waals surface area contributed by atoms with Gasteiger partial charge < -0.3 is 0 Å². The van der Waals surface area contributed by atoms with Gasteiger partial charge in [0.1, 0.15) is 0 Å². The van der Waals surface area contributed by atoms with Crippen LogP contribution in [0, 0.1) is 0 Å². The van der Waals surface area contributed by atoms with Crippen LogP contribution in [0.2, 0.25) is 0 Å². The van der Waals surface area contributed by atoms with E-state index in [4.69, 9.17) is 0 Å². The molecule has 2 aromatic rings. The van der Waals surface area contributed by atoms with Crippen molar-refractivity contribution >= 4 is 27.3 Å². The van der Waals surface area contributed by atoms with E-state index in [2.05, 4.69) is 20.9 Å². The summed E-state index contributed by atoms with van der Waals surface area (Å²) >= 11 is 4.38. The number of rotatable bonds is 1. The van der Waals surface area contributed by atoms with Gasteiger partial charge in [0.2, 0.25) is 0 Å². The molecule has 0 spiro atoms. The number of halogens is 4. The molecule has 0 saturated heterocycles. The summed E-state index contributed by atoms with van der Waals surface area (Å²) in [6, 6.07) is 3.82. The molecule has 6 heteroatoms. The Morgan fingerprint density at radius 2 is 1.94 bits per heavy atom. The first-order valence-electron chi connectivity index (χ1n) is 4.23. The number of aromatic nitrogens is 1. The lowest BCUT2D eigenvalue weighted by Crippen LogP contribution is -2.04. The highest BCUT2D eigenvalue weighted by Gasteiger charge is 2.31. The molecule has 0 amide bonds. The highest BCUT2D eigenvalue weighted by atomic mass is 79.9. The van der Waals surface area contributed by atoms with Gasteiger partial charge in [0.05, 0.1) is 16.0 Å². The van der Waals surface area contributed by atoms with Crippen LogP contribution in [0.1, 0.15) is 5.56 Å². The first kappa shape index (κ1) is 11.6. The third-order valence-corrected chi connectivity index (χ3v) is 3.22. The summed E-state index contributed by atoms with van der Waals surface area (Å²) in [5, 5.41) is 0. The lowest BCUT2D eigenvalue weighted by atomic mass is 10.1. The van der Waals surface area contributed by atoms with Crippen LogP contribution in [0.3, 0.4) is 0 Å². The van der Waals surface area contributed by atoms with Crippen molar-refractivity contribution in [1.82, 2.24) is 4.98 Å². The molecule has 1 aromatic carbocycles. The number of benzene rings is 1. The Labute approximate surface area is 102 Å². The SMILES string of the molecule is FC(F)(F)c1cc(Br)cc(-c2cncs2)c1. The molecular formula is C10H5BrF3NS. The van der Waals surface area contributed by atoms with Crippen molar-refractivity contribution in [3.05, 3.63) is 39.9 Å². The van der Waals surface area contributed by atoms with Gasteiger partial charge in [0.15, 0.2) is 0 Å². The second-order valence-electron chi connectivity index (χ2n) is 3.09. The molecule has 1 heterocycles. The molecule has 0 aliphatic rings. The minimum Gasteiger partial charge on any atom is -0.252 e. The lowest BCUT2D eigenvalue weighted by molar-refractivity contribution is -0.137. The van der Waals surface area contributed by atoms with Gasteiger partial charge in [0, 0.05) is 10.7 Å². The smallest absolute Gasteiger partial charge is 0.252 e. The van der Waals surface area contributed by atoms with E-state index in [0.717, 1.165) is 12.1 Å². The Kier molecular flexibility index (Phi) is 3.03. The van der Waals surface area contributed by atoms with Gasteiger partial charge in [-0.1, -0.05) is 15.9 Å². The highest BCUT2D eigenvalue weighted by Crippen LogP contribution is 2.35. The molecule has 0 fully saturated rings. The molecule has 1 aromatic heterocycles. The quantitative estimate of drug-likeness (QED) is 0.751. The Morgan fingerprint density at radius 1 is 1.19 bits per heavy atom. The number of hydrogen-bond donors (Lipinski definition) is 0. The van der Waals surface area contributed by atoms with Gasteiger partial charge in [-0.2, -0.15) is 13.2 Å². The Morgan fingerprint density at radius 3 is 2.50 bits per heavy atom. The van der Waals surface area contributed by atoms with Crippen molar-refractivity contribution in [2.45, 2.75) is 6.18 Å². The van der Waals surface area contributed by atoms with Crippen LogP contribution in [0.4, 0.5) is 13.2 Å². The molecule has 0 atom stereocenters. The molecule has 84 valence electrons. The summed E-state index contributed by atoms with van der Waals surface area (Å²) in [5.74, 6) is 0. The van der Waals surface area contributed by atoms with E-state index in [0.29, 0.717) is 14.9 Å². The standard InChI is InChI=1S/C10H5BrF3NS/c11-8-2-6(9-4-15-5-16-9)1-7(3-8)10(12,13)14/h1-5H. The maximum Gasteiger partial charge on any atom is 0.416 e. The number of alkyl halides is 3. The van der Waals surface area contributed by atoms with Gasteiger partial charge in [-0.15, -0.1) is 11.3 Å². The average molecular weight is 308 g/mol. The molecule has 0 unspecified atom stereocenters. The van der Waals surface area contributed by atoms with Crippen LogP contribution in [0.5, 0.6) is 0 Å². The van der Waals surface area contributed by atoms with Crippen molar-refractivity contribution in [3.8, 4) is 10.4 Å². The highest BCUT2D eigenvalue weighted by molar-refractivity contribution is 9.10. The third-order valence-electron chi connectivity index (χ3n) is 1.94. The van der Waals surface area contributed by atoms with E-state index < -0.39 is 11.7 Å². The maximum absolute atomic E-state index is 12.6. The molecular weight excluding hydrogens is 303 g/mol. The van der Waals surface area contributed by atoms with Gasteiger partial charge in [0.25, 0.3) is 0 Å². The Balaban J connectivity index is 2.53. The third kappa shape index (κ3) is 2.44. The van der Waals surface area contributed by atoms with E-state index in [9.17, 15) is 13.2 Å². The minimum atomic E-state index is -4.33. The van der Waals surface area contributed by atoms with E-state index in [1.807, 2.05) is 0 Å². The lowest BCUT2D eigenvalue weighted by Gasteiger charge is -2.08. The first-order valence-corrected chi connectivity index (χ1v) is 5.91. The maximum atomic E-state index is 12.6. The molecule has 2 rings (SSSR count). The second kappa shape index (κ2) is 4.18. The Hall–Kier alpha value is -0.880. The average Bonchev–Trinajstić information content (AvgIpc) is 2.68. The molecule has 0 saturated carbocycles. The number of thiazole rings is 1. The van der Waals surface area contributed by atoms with Crippen molar-refractivity contribution in [1.29, 1.82) is 0 Å². The molecule has 0 N–H and O–H groups in total. The second-order valence-corrected chi connectivity index (χ2v) is 4.89. The molecule has 0 aliphatic heterocycles. The first-order chi connectivity index (χ1) is 7.47. The van der Waals surface area contributed by atoms with Crippen molar-refractivity contribution in [2.75, 3.05) is 0 Å². The van der Waals surface area contributed by atoms with Crippen LogP contribution < -0.4 is 0 Å². The monoisotopic (exact) mass is 307 g/mol. The summed E-state index contributed by atoms with van der Waals surface area (Å²) in [6.45, 7) is 0. The van der Waals surface area contributed by atoms with Crippen molar-refractivity contribution in [3.63, 3.8) is 0 Å². The predicted molar refractivity (Wildman–Crippen MR) is 60.3 cm³/mol.